The molecular formula is C21H27FN4O. The van der Waals surface area contributed by atoms with Crippen LogP contribution in [0, 0.1) is 11.7 Å². The zero-order valence-corrected chi connectivity index (χ0v) is 15.9. The van der Waals surface area contributed by atoms with Gasteiger partial charge in [-0.05, 0) is 42.2 Å². The Morgan fingerprint density at radius 2 is 2.04 bits per heavy atom. The number of hydrogen-bond donors (Lipinski definition) is 2. The number of ether oxygens (including phenoxy) is 1. The van der Waals surface area contributed by atoms with Crippen LogP contribution >= 0.6 is 0 Å². The Kier molecular flexibility index (Phi) is 6.52. The Balaban J connectivity index is 1.45. The highest BCUT2D eigenvalue weighted by molar-refractivity contribution is 5.79. The van der Waals surface area contributed by atoms with Crippen molar-refractivity contribution < 1.29 is 9.13 Å². The van der Waals surface area contributed by atoms with Gasteiger partial charge in [-0.2, -0.15) is 0 Å². The monoisotopic (exact) mass is 370 g/mol. The number of aliphatic imine (C=N–C) groups is 1. The summed E-state index contributed by atoms with van der Waals surface area (Å²) in [7, 11) is 3.46. The van der Waals surface area contributed by atoms with Gasteiger partial charge in [-0.3, -0.25) is 4.99 Å². The Morgan fingerprint density at radius 1 is 1.22 bits per heavy atom. The van der Waals surface area contributed by atoms with Crippen LogP contribution in [-0.2, 0) is 6.54 Å². The van der Waals surface area contributed by atoms with Crippen LogP contribution in [0.3, 0.4) is 0 Å². The van der Waals surface area contributed by atoms with Crippen LogP contribution in [0.2, 0.25) is 0 Å². The van der Waals surface area contributed by atoms with E-state index < -0.39 is 0 Å². The molecule has 0 bridgehead atoms. The molecule has 2 aromatic rings. The highest BCUT2D eigenvalue weighted by atomic mass is 19.1. The second-order valence-electron chi connectivity index (χ2n) is 6.74. The molecule has 27 heavy (non-hydrogen) atoms. The Bertz CT molecular complexity index is 763. The van der Waals surface area contributed by atoms with E-state index >= 15 is 0 Å². The molecule has 0 radical (unpaired) electrons. The van der Waals surface area contributed by atoms with E-state index in [1.807, 2.05) is 12.1 Å². The van der Waals surface area contributed by atoms with Crippen molar-refractivity contribution in [2.75, 3.05) is 38.7 Å². The van der Waals surface area contributed by atoms with Gasteiger partial charge in [0.05, 0.1) is 7.11 Å². The quantitative estimate of drug-likeness (QED) is 0.606. The molecule has 0 saturated carbocycles. The molecule has 144 valence electrons. The fourth-order valence-corrected chi connectivity index (χ4v) is 3.29. The van der Waals surface area contributed by atoms with Crippen LogP contribution in [0.1, 0.15) is 12.0 Å². The molecule has 0 aliphatic carbocycles. The Morgan fingerprint density at radius 3 is 2.78 bits per heavy atom. The van der Waals surface area contributed by atoms with Gasteiger partial charge in [-0.25, -0.2) is 4.39 Å². The van der Waals surface area contributed by atoms with Crippen molar-refractivity contribution in [1.82, 2.24) is 10.6 Å². The Labute approximate surface area is 160 Å². The lowest BCUT2D eigenvalue weighted by Crippen LogP contribution is -2.39. The van der Waals surface area contributed by atoms with Crippen molar-refractivity contribution in [3.05, 3.63) is 59.9 Å². The van der Waals surface area contributed by atoms with Gasteiger partial charge in [0.1, 0.15) is 11.6 Å². The SMILES string of the molecule is CN=C(NCc1ccc(F)cc1)NCC1CCN(c2cccc(OC)c2)C1. The molecule has 1 aliphatic rings. The maximum atomic E-state index is 13.0. The maximum Gasteiger partial charge on any atom is 0.191 e. The second kappa shape index (κ2) is 9.26. The first-order chi connectivity index (χ1) is 13.2. The van der Waals surface area contributed by atoms with Crippen LogP contribution in [0.25, 0.3) is 0 Å². The van der Waals surface area contributed by atoms with Gasteiger partial charge in [-0.15, -0.1) is 0 Å². The van der Waals surface area contributed by atoms with E-state index in [0.717, 1.165) is 43.3 Å². The first-order valence-electron chi connectivity index (χ1n) is 9.26. The minimum atomic E-state index is -0.219. The van der Waals surface area contributed by atoms with E-state index in [1.165, 1.54) is 17.8 Å². The fraction of sp³-hybridized carbons (Fsp3) is 0.381. The fourth-order valence-electron chi connectivity index (χ4n) is 3.29. The summed E-state index contributed by atoms with van der Waals surface area (Å²) in [5.74, 6) is 1.99. The van der Waals surface area contributed by atoms with Crippen LogP contribution in [0.5, 0.6) is 5.75 Å². The van der Waals surface area contributed by atoms with Crippen molar-refractivity contribution in [2.24, 2.45) is 10.9 Å². The van der Waals surface area contributed by atoms with E-state index in [0.29, 0.717) is 12.5 Å². The molecule has 1 heterocycles. The van der Waals surface area contributed by atoms with Crippen LogP contribution in [-0.4, -0.2) is 39.8 Å². The van der Waals surface area contributed by atoms with E-state index in [2.05, 4.69) is 32.7 Å². The lowest BCUT2D eigenvalue weighted by atomic mass is 10.1. The molecule has 0 spiro atoms. The predicted octanol–water partition coefficient (Wildman–Crippen LogP) is 3.03. The topological polar surface area (TPSA) is 48.9 Å². The van der Waals surface area contributed by atoms with Gasteiger partial charge < -0.3 is 20.3 Å². The normalized spacial score (nSPS) is 17.1. The lowest BCUT2D eigenvalue weighted by molar-refractivity contribution is 0.415. The molecule has 0 amide bonds. The highest BCUT2D eigenvalue weighted by Crippen LogP contribution is 2.26. The van der Waals surface area contributed by atoms with Crippen molar-refractivity contribution in [1.29, 1.82) is 0 Å². The molecule has 2 aromatic carbocycles. The molecule has 1 saturated heterocycles. The van der Waals surface area contributed by atoms with Gasteiger partial charge in [0.15, 0.2) is 5.96 Å². The number of benzene rings is 2. The largest absolute Gasteiger partial charge is 0.497 e. The number of guanidine groups is 1. The number of methoxy groups -OCH3 is 1. The number of rotatable bonds is 6. The van der Waals surface area contributed by atoms with Crippen molar-refractivity contribution in [2.45, 2.75) is 13.0 Å². The molecule has 6 heteroatoms. The average molecular weight is 370 g/mol. The number of nitrogens with zero attached hydrogens (tertiary/aromatic N) is 2. The van der Waals surface area contributed by atoms with E-state index in [4.69, 9.17) is 4.74 Å². The number of anilines is 1. The zero-order chi connectivity index (χ0) is 19.1. The third-order valence-electron chi connectivity index (χ3n) is 4.86. The van der Waals surface area contributed by atoms with Gasteiger partial charge >= 0.3 is 0 Å². The zero-order valence-electron chi connectivity index (χ0n) is 15.9. The van der Waals surface area contributed by atoms with Gasteiger partial charge in [0, 0.05) is 45.0 Å². The van der Waals surface area contributed by atoms with Gasteiger partial charge in [0.2, 0.25) is 0 Å². The minimum absolute atomic E-state index is 0.219. The number of nitrogens with one attached hydrogen (secondary N) is 2. The summed E-state index contributed by atoms with van der Waals surface area (Å²) in [6, 6.07) is 14.7. The predicted molar refractivity (Wildman–Crippen MR) is 108 cm³/mol. The van der Waals surface area contributed by atoms with Crippen LogP contribution in [0.15, 0.2) is 53.5 Å². The van der Waals surface area contributed by atoms with E-state index in [1.54, 1.807) is 26.3 Å². The van der Waals surface area contributed by atoms with Gasteiger partial charge in [-0.1, -0.05) is 18.2 Å². The molecule has 3 rings (SSSR count). The lowest BCUT2D eigenvalue weighted by Gasteiger charge is -2.20. The summed E-state index contributed by atoms with van der Waals surface area (Å²) >= 11 is 0. The number of hydrogen-bond acceptors (Lipinski definition) is 3. The summed E-state index contributed by atoms with van der Waals surface area (Å²) in [5.41, 5.74) is 2.22. The minimum Gasteiger partial charge on any atom is -0.497 e. The second-order valence-corrected chi connectivity index (χ2v) is 6.74. The molecular weight excluding hydrogens is 343 g/mol. The highest BCUT2D eigenvalue weighted by Gasteiger charge is 2.23. The smallest absolute Gasteiger partial charge is 0.191 e. The molecule has 2 N–H and O–H groups in total. The first-order valence-corrected chi connectivity index (χ1v) is 9.26. The van der Waals surface area contributed by atoms with E-state index in [9.17, 15) is 4.39 Å². The molecule has 1 fully saturated rings. The van der Waals surface area contributed by atoms with Crippen molar-refractivity contribution in [3.8, 4) is 5.75 Å². The summed E-state index contributed by atoms with van der Waals surface area (Å²) < 4.78 is 18.3. The van der Waals surface area contributed by atoms with E-state index in [-0.39, 0.29) is 5.82 Å². The van der Waals surface area contributed by atoms with Crippen molar-refractivity contribution in [3.63, 3.8) is 0 Å². The average Bonchev–Trinajstić information content (AvgIpc) is 3.18. The van der Waals surface area contributed by atoms with Crippen LogP contribution < -0.4 is 20.3 Å². The third kappa shape index (κ3) is 5.36. The summed E-state index contributed by atoms with van der Waals surface area (Å²) in [5, 5.41) is 6.67. The molecule has 1 aliphatic heterocycles. The first kappa shape index (κ1) is 19.0. The molecule has 1 atom stereocenters. The standard InChI is InChI=1S/C21H27FN4O/c1-23-21(24-13-16-6-8-18(22)9-7-16)25-14-17-10-11-26(15-17)19-4-3-5-20(12-19)27-2/h3-9,12,17H,10-11,13-15H2,1-2H3,(H2,23,24,25). The number of halogens is 1. The summed E-state index contributed by atoms with van der Waals surface area (Å²) in [6.45, 7) is 3.53. The Hall–Kier alpha value is -2.76. The summed E-state index contributed by atoms with van der Waals surface area (Å²) in [6.07, 6.45) is 1.14. The third-order valence-corrected chi connectivity index (χ3v) is 4.86. The van der Waals surface area contributed by atoms with Gasteiger partial charge in [0.25, 0.3) is 0 Å². The molecule has 5 nitrogen and oxygen atoms in total. The molecule has 1 unspecified atom stereocenters. The van der Waals surface area contributed by atoms with Crippen molar-refractivity contribution >= 4 is 11.6 Å². The maximum absolute atomic E-state index is 13.0. The van der Waals surface area contributed by atoms with Crippen LogP contribution in [0.4, 0.5) is 10.1 Å². The summed E-state index contributed by atoms with van der Waals surface area (Å²) in [4.78, 5) is 6.66. The molecule has 0 aromatic heterocycles.